The molecule has 1 fully saturated rings. The fraction of sp³-hybridized carbons (Fsp3) is 0.438. The normalized spacial score (nSPS) is 23.3. The van der Waals surface area contributed by atoms with Crippen LogP contribution >= 0.6 is 35.0 Å². The Morgan fingerprint density at radius 1 is 1.39 bits per heavy atom. The number of aliphatic imine (C=N–C) groups is 2. The predicted molar refractivity (Wildman–Crippen MR) is 97.8 cm³/mol. The molecule has 0 N–H and O–H groups in total. The van der Waals surface area contributed by atoms with Crippen LogP contribution in [0.1, 0.15) is 37.8 Å². The smallest absolute Gasteiger partial charge is 0.224 e. The van der Waals surface area contributed by atoms with Crippen LogP contribution in [0.15, 0.2) is 28.2 Å². The number of piperidine rings is 1. The molecule has 23 heavy (non-hydrogen) atoms. The summed E-state index contributed by atoms with van der Waals surface area (Å²) < 4.78 is 0. The molecule has 2 aliphatic heterocycles. The van der Waals surface area contributed by atoms with Crippen molar-refractivity contribution < 1.29 is 4.79 Å². The summed E-state index contributed by atoms with van der Waals surface area (Å²) >= 11 is 13.8. The molecular weight excluding hydrogens is 353 g/mol. The minimum Gasteiger partial charge on any atom is -0.301 e. The first-order chi connectivity index (χ1) is 11.0. The molecule has 0 aliphatic carbocycles. The largest absolute Gasteiger partial charge is 0.301 e. The maximum Gasteiger partial charge on any atom is 0.224 e. The number of nitrogens with zero attached hydrogens (tertiary/aromatic N) is 3. The second-order valence-electron chi connectivity index (χ2n) is 5.56. The van der Waals surface area contributed by atoms with Gasteiger partial charge in [-0.2, -0.15) is 0 Å². The quantitative estimate of drug-likeness (QED) is 0.727. The van der Waals surface area contributed by atoms with Gasteiger partial charge in [-0.15, -0.1) is 0 Å². The SMILES string of the molecule is CC(=O)N1CCCCC1=NC1=NC(c2ccc(Cl)cc2Cl)CS1. The Morgan fingerprint density at radius 2 is 2.22 bits per heavy atom. The summed E-state index contributed by atoms with van der Waals surface area (Å²) in [6.07, 6.45) is 2.92. The van der Waals surface area contributed by atoms with Crippen LogP contribution in [0.2, 0.25) is 10.0 Å². The molecule has 0 bridgehead atoms. The van der Waals surface area contributed by atoms with Crippen molar-refractivity contribution in [1.82, 2.24) is 4.90 Å². The van der Waals surface area contributed by atoms with E-state index in [9.17, 15) is 4.79 Å². The Morgan fingerprint density at radius 3 is 2.96 bits per heavy atom. The summed E-state index contributed by atoms with van der Waals surface area (Å²) in [5.74, 6) is 1.68. The predicted octanol–water partition coefficient (Wildman–Crippen LogP) is 4.57. The number of amidine groups is 2. The number of hydrogen-bond donors (Lipinski definition) is 0. The number of rotatable bonds is 1. The average Bonchev–Trinajstić information content (AvgIpc) is 2.96. The summed E-state index contributed by atoms with van der Waals surface area (Å²) in [5.41, 5.74) is 0.964. The van der Waals surface area contributed by atoms with Crippen molar-refractivity contribution in [3.63, 3.8) is 0 Å². The number of likely N-dealkylation sites (tertiary alicyclic amines) is 1. The Bertz CT molecular complexity index is 690. The Hall–Kier alpha value is -1.04. The number of carbonyl (C=O) groups excluding carboxylic acids is 1. The molecule has 7 heteroatoms. The van der Waals surface area contributed by atoms with E-state index in [0.717, 1.165) is 48.1 Å². The first-order valence-corrected chi connectivity index (χ1v) is 9.30. The summed E-state index contributed by atoms with van der Waals surface area (Å²) in [5, 5.41) is 1.97. The van der Waals surface area contributed by atoms with Crippen molar-refractivity contribution in [3.05, 3.63) is 33.8 Å². The lowest BCUT2D eigenvalue weighted by molar-refractivity contribution is -0.125. The highest BCUT2D eigenvalue weighted by Crippen LogP contribution is 2.36. The van der Waals surface area contributed by atoms with Gasteiger partial charge in [0.25, 0.3) is 0 Å². The molecule has 122 valence electrons. The fourth-order valence-electron chi connectivity index (χ4n) is 2.74. The third-order valence-corrected chi connectivity index (χ3v) is 5.41. The van der Waals surface area contributed by atoms with Crippen LogP contribution in [-0.4, -0.2) is 34.1 Å². The van der Waals surface area contributed by atoms with Crippen molar-refractivity contribution in [2.24, 2.45) is 9.98 Å². The standard InChI is InChI=1S/C16H17Cl2N3OS/c1-10(22)21-7-3-2-4-15(21)20-16-19-14(9-23-16)12-6-5-11(17)8-13(12)18/h5-6,8,14H,2-4,7,9H2,1H3. The first kappa shape index (κ1) is 16.8. The lowest BCUT2D eigenvalue weighted by Gasteiger charge is -2.27. The van der Waals surface area contributed by atoms with Crippen molar-refractivity contribution in [3.8, 4) is 0 Å². The van der Waals surface area contributed by atoms with Gasteiger partial charge >= 0.3 is 0 Å². The van der Waals surface area contributed by atoms with E-state index in [0.29, 0.717) is 10.0 Å². The molecule has 1 aromatic carbocycles. The van der Waals surface area contributed by atoms with Crippen LogP contribution in [0.25, 0.3) is 0 Å². The highest BCUT2D eigenvalue weighted by molar-refractivity contribution is 8.14. The van der Waals surface area contributed by atoms with Gasteiger partial charge in [-0.25, -0.2) is 4.99 Å². The molecule has 1 amide bonds. The molecule has 0 saturated carbocycles. The number of amides is 1. The van der Waals surface area contributed by atoms with Crippen molar-refractivity contribution in [2.45, 2.75) is 32.2 Å². The minimum atomic E-state index is -0.0153. The number of hydrogen-bond acceptors (Lipinski definition) is 4. The molecule has 3 rings (SSSR count). The lowest BCUT2D eigenvalue weighted by Crippen LogP contribution is -2.39. The second-order valence-corrected chi connectivity index (χ2v) is 7.39. The van der Waals surface area contributed by atoms with Crippen LogP contribution in [0.3, 0.4) is 0 Å². The molecular formula is C16H17Cl2N3OS. The highest BCUT2D eigenvalue weighted by atomic mass is 35.5. The van der Waals surface area contributed by atoms with Crippen LogP contribution in [-0.2, 0) is 4.79 Å². The number of benzene rings is 1. The van der Waals surface area contributed by atoms with Crippen LogP contribution < -0.4 is 0 Å². The van der Waals surface area contributed by atoms with Crippen molar-refractivity contribution in [1.29, 1.82) is 0 Å². The average molecular weight is 370 g/mol. The monoisotopic (exact) mass is 369 g/mol. The van der Waals surface area contributed by atoms with E-state index in [-0.39, 0.29) is 11.9 Å². The van der Waals surface area contributed by atoms with Crippen LogP contribution in [0, 0.1) is 0 Å². The molecule has 0 radical (unpaired) electrons. The molecule has 2 aliphatic rings. The molecule has 1 aromatic rings. The van der Waals surface area contributed by atoms with Gasteiger partial charge in [0.15, 0.2) is 5.17 Å². The fourth-order valence-corrected chi connectivity index (χ4v) is 4.20. The van der Waals surface area contributed by atoms with E-state index >= 15 is 0 Å². The summed E-state index contributed by atoms with van der Waals surface area (Å²) in [7, 11) is 0. The number of carbonyl (C=O) groups is 1. The Kier molecular flexibility index (Phi) is 5.29. The Balaban J connectivity index is 1.81. The van der Waals surface area contributed by atoms with Gasteiger partial charge in [-0.05, 0) is 30.5 Å². The zero-order valence-electron chi connectivity index (χ0n) is 12.8. The van der Waals surface area contributed by atoms with E-state index in [1.807, 2.05) is 12.1 Å². The van der Waals surface area contributed by atoms with Gasteiger partial charge in [0.2, 0.25) is 5.91 Å². The number of halogens is 2. The van der Waals surface area contributed by atoms with Crippen molar-refractivity contribution in [2.75, 3.05) is 12.3 Å². The summed E-state index contributed by atoms with van der Waals surface area (Å²) in [6.45, 7) is 2.33. The molecule has 2 heterocycles. The summed E-state index contributed by atoms with van der Waals surface area (Å²) in [4.78, 5) is 22.8. The molecule has 0 spiro atoms. The highest BCUT2D eigenvalue weighted by Gasteiger charge is 2.25. The van der Waals surface area contributed by atoms with Crippen molar-refractivity contribution >= 4 is 51.9 Å². The van der Waals surface area contributed by atoms with Gasteiger partial charge in [-0.3, -0.25) is 9.79 Å². The third kappa shape index (κ3) is 3.90. The number of thioether (sulfide) groups is 1. The van der Waals surface area contributed by atoms with Gasteiger partial charge in [-0.1, -0.05) is 41.0 Å². The lowest BCUT2D eigenvalue weighted by atomic mass is 10.1. The molecule has 4 nitrogen and oxygen atoms in total. The van der Waals surface area contributed by atoms with E-state index < -0.39 is 0 Å². The van der Waals surface area contributed by atoms with Gasteiger partial charge in [0.1, 0.15) is 5.84 Å². The maximum atomic E-state index is 11.7. The van der Waals surface area contributed by atoms with E-state index in [2.05, 4.69) is 9.98 Å². The molecule has 1 atom stereocenters. The molecule has 1 saturated heterocycles. The van der Waals surface area contributed by atoms with Gasteiger partial charge in [0, 0.05) is 35.7 Å². The Labute approximate surface area is 150 Å². The molecule has 1 unspecified atom stereocenters. The topological polar surface area (TPSA) is 45.0 Å². The van der Waals surface area contributed by atoms with E-state index in [1.165, 1.54) is 0 Å². The summed E-state index contributed by atoms with van der Waals surface area (Å²) in [6, 6.07) is 5.46. The minimum absolute atomic E-state index is 0.0153. The van der Waals surface area contributed by atoms with Crippen LogP contribution in [0.4, 0.5) is 0 Å². The van der Waals surface area contributed by atoms with E-state index in [4.69, 9.17) is 23.2 Å². The maximum absolute atomic E-state index is 11.7. The zero-order valence-corrected chi connectivity index (χ0v) is 15.1. The van der Waals surface area contributed by atoms with Gasteiger partial charge < -0.3 is 4.90 Å². The third-order valence-electron chi connectivity index (χ3n) is 3.91. The molecule has 0 aromatic heterocycles. The van der Waals surface area contributed by atoms with Crippen LogP contribution in [0.5, 0.6) is 0 Å². The zero-order chi connectivity index (χ0) is 16.4. The van der Waals surface area contributed by atoms with Gasteiger partial charge in [0.05, 0.1) is 6.04 Å². The second kappa shape index (κ2) is 7.24. The first-order valence-electron chi connectivity index (χ1n) is 7.56. The van der Waals surface area contributed by atoms with E-state index in [1.54, 1.807) is 29.7 Å².